The fourth-order valence-corrected chi connectivity index (χ4v) is 2.95. The van der Waals surface area contributed by atoms with Gasteiger partial charge in [-0.3, -0.25) is 4.79 Å². The fraction of sp³-hybridized carbons (Fsp3) is 0.650. The van der Waals surface area contributed by atoms with E-state index in [2.05, 4.69) is 16.9 Å². The van der Waals surface area contributed by atoms with Crippen LogP contribution in [-0.2, 0) is 16.0 Å². The van der Waals surface area contributed by atoms with Crippen LogP contribution < -0.4 is 0 Å². The van der Waals surface area contributed by atoms with E-state index in [1.807, 2.05) is 13.8 Å². The topological polar surface area (TPSA) is 46.5 Å². The van der Waals surface area contributed by atoms with Gasteiger partial charge in [0.25, 0.3) is 0 Å². The molecule has 0 aliphatic carbocycles. The molecule has 0 aliphatic heterocycles. The molecule has 0 spiro atoms. The van der Waals surface area contributed by atoms with Crippen molar-refractivity contribution in [2.24, 2.45) is 0 Å². The van der Waals surface area contributed by atoms with E-state index in [1.165, 1.54) is 51.2 Å². The highest BCUT2D eigenvalue weighted by Gasteiger charge is 2.03. The number of hydrogen-bond donors (Lipinski definition) is 1. The Bertz CT molecular complexity index is 457. The largest absolute Gasteiger partial charge is 0.507 e. The van der Waals surface area contributed by atoms with Crippen LogP contribution in [0.1, 0.15) is 74.5 Å². The van der Waals surface area contributed by atoms with Crippen LogP contribution in [0.4, 0.5) is 0 Å². The third kappa shape index (κ3) is 8.06. The molecule has 0 aromatic heterocycles. The molecule has 0 heterocycles. The maximum Gasteiger partial charge on any atom is 0.305 e. The fourth-order valence-electron chi connectivity index (χ4n) is 2.95. The maximum atomic E-state index is 11.0. The molecule has 0 saturated carbocycles. The minimum atomic E-state index is -0.0929. The normalized spacial score (nSPS) is 10.7. The number of esters is 1. The molecule has 1 N–H and O–H groups in total. The first-order valence-corrected chi connectivity index (χ1v) is 8.90. The van der Waals surface area contributed by atoms with E-state index >= 15 is 0 Å². The Morgan fingerprint density at radius 2 is 1.39 bits per heavy atom. The number of hydrogen-bond acceptors (Lipinski definition) is 3. The van der Waals surface area contributed by atoms with E-state index in [1.54, 1.807) is 0 Å². The van der Waals surface area contributed by atoms with Crippen molar-refractivity contribution < 1.29 is 14.6 Å². The van der Waals surface area contributed by atoms with Gasteiger partial charge in [-0.05, 0) is 49.8 Å². The van der Waals surface area contributed by atoms with E-state index in [9.17, 15) is 9.90 Å². The molecule has 0 aliphatic rings. The van der Waals surface area contributed by atoms with Crippen LogP contribution in [0, 0.1) is 13.8 Å². The summed E-state index contributed by atoms with van der Waals surface area (Å²) in [5.41, 5.74) is 3.29. The molecule has 130 valence electrons. The average Bonchev–Trinajstić information content (AvgIpc) is 2.53. The summed E-state index contributed by atoms with van der Waals surface area (Å²) >= 11 is 0. The monoisotopic (exact) mass is 320 g/mol. The molecule has 0 saturated heterocycles. The van der Waals surface area contributed by atoms with E-state index in [0.717, 1.165) is 30.4 Å². The van der Waals surface area contributed by atoms with Crippen molar-refractivity contribution in [3.8, 4) is 5.75 Å². The molecule has 3 nitrogen and oxygen atoms in total. The van der Waals surface area contributed by atoms with Crippen LogP contribution >= 0.6 is 0 Å². The predicted molar refractivity (Wildman–Crippen MR) is 94.9 cm³/mol. The number of phenolic OH excluding ortho intramolecular Hbond substituents is 1. The molecular weight excluding hydrogens is 288 g/mol. The summed E-state index contributed by atoms with van der Waals surface area (Å²) < 4.78 is 4.63. The minimum Gasteiger partial charge on any atom is -0.507 e. The number of rotatable bonds is 11. The Balaban J connectivity index is 2.01. The number of carbonyl (C=O) groups excluding carboxylic acids is 1. The summed E-state index contributed by atoms with van der Waals surface area (Å²) in [4.78, 5) is 11.0. The number of ether oxygens (including phenoxy) is 1. The highest BCUT2D eigenvalue weighted by molar-refractivity contribution is 5.68. The van der Waals surface area contributed by atoms with Crippen molar-refractivity contribution in [3.63, 3.8) is 0 Å². The number of aryl methyl sites for hydroxylation is 3. The van der Waals surface area contributed by atoms with Crippen LogP contribution in [-0.4, -0.2) is 18.2 Å². The molecule has 0 amide bonds. The van der Waals surface area contributed by atoms with Crippen molar-refractivity contribution >= 4 is 5.97 Å². The second-order valence-electron chi connectivity index (χ2n) is 6.48. The SMILES string of the molecule is COC(=O)CCCCCCCCCCc1cc(C)c(O)c(C)c1. The van der Waals surface area contributed by atoms with Gasteiger partial charge in [0.1, 0.15) is 5.75 Å². The average molecular weight is 320 g/mol. The zero-order chi connectivity index (χ0) is 17.1. The number of aromatic hydroxyl groups is 1. The molecule has 1 aromatic carbocycles. The van der Waals surface area contributed by atoms with Gasteiger partial charge in [0.05, 0.1) is 7.11 Å². The molecule has 3 heteroatoms. The van der Waals surface area contributed by atoms with Gasteiger partial charge in [0.2, 0.25) is 0 Å². The Morgan fingerprint density at radius 1 is 0.913 bits per heavy atom. The van der Waals surface area contributed by atoms with Crippen LogP contribution in [0.25, 0.3) is 0 Å². The first-order chi connectivity index (χ1) is 11.0. The molecule has 1 aromatic rings. The highest BCUT2D eigenvalue weighted by atomic mass is 16.5. The van der Waals surface area contributed by atoms with Gasteiger partial charge in [-0.1, -0.05) is 50.7 Å². The lowest BCUT2D eigenvalue weighted by Gasteiger charge is -2.08. The lowest BCUT2D eigenvalue weighted by Crippen LogP contribution is -1.99. The molecule has 23 heavy (non-hydrogen) atoms. The maximum absolute atomic E-state index is 11.0. The number of benzene rings is 1. The van der Waals surface area contributed by atoms with Gasteiger partial charge < -0.3 is 9.84 Å². The zero-order valence-corrected chi connectivity index (χ0v) is 15.0. The van der Waals surface area contributed by atoms with Crippen LogP contribution in [0.5, 0.6) is 5.75 Å². The summed E-state index contributed by atoms with van der Waals surface area (Å²) in [5.74, 6) is 0.339. The molecule has 0 fully saturated rings. The molecular formula is C20H32O3. The van der Waals surface area contributed by atoms with E-state index in [0.29, 0.717) is 12.2 Å². The third-order valence-corrected chi connectivity index (χ3v) is 4.37. The van der Waals surface area contributed by atoms with Crippen LogP contribution in [0.15, 0.2) is 12.1 Å². The molecule has 0 radical (unpaired) electrons. The highest BCUT2D eigenvalue weighted by Crippen LogP contribution is 2.24. The Labute approximate surface area is 141 Å². The lowest BCUT2D eigenvalue weighted by molar-refractivity contribution is -0.140. The van der Waals surface area contributed by atoms with E-state index in [4.69, 9.17) is 0 Å². The van der Waals surface area contributed by atoms with E-state index < -0.39 is 0 Å². The van der Waals surface area contributed by atoms with Gasteiger partial charge in [0, 0.05) is 6.42 Å². The van der Waals surface area contributed by atoms with Crippen molar-refractivity contribution in [1.29, 1.82) is 0 Å². The first-order valence-electron chi connectivity index (χ1n) is 8.90. The number of unbranched alkanes of at least 4 members (excludes halogenated alkanes) is 7. The lowest BCUT2D eigenvalue weighted by atomic mass is 10.00. The Kier molecular flexibility index (Phi) is 9.42. The number of phenols is 1. The van der Waals surface area contributed by atoms with Crippen molar-refractivity contribution in [3.05, 3.63) is 28.8 Å². The Hall–Kier alpha value is -1.51. The quantitative estimate of drug-likeness (QED) is 0.448. The zero-order valence-electron chi connectivity index (χ0n) is 15.0. The van der Waals surface area contributed by atoms with Crippen LogP contribution in [0.3, 0.4) is 0 Å². The van der Waals surface area contributed by atoms with Gasteiger partial charge in [-0.25, -0.2) is 0 Å². The second-order valence-corrected chi connectivity index (χ2v) is 6.48. The summed E-state index contributed by atoms with van der Waals surface area (Å²) in [7, 11) is 1.45. The molecule has 0 unspecified atom stereocenters. The number of methoxy groups -OCH3 is 1. The standard InChI is InChI=1S/C20H32O3/c1-16-14-18(15-17(2)20(16)22)12-10-8-6-4-5-7-9-11-13-19(21)23-3/h14-15,22H,4-13H2,1-3H3. The molecule has 1 rings (SSSR count). The summed E-state index contributed by atoms with van der Waals surface area (Å²) in [5, 5.41) is 9.78. The van der Waals surface area contributed by atoms with Gasteiger partial charge in [-0.15, -0.1) is 0 Å². The summed E-state index contributed by atoms with van der Waals surface area (Å²) in [6.07, 6.45) is 11.3. The minimum absolute atomic E-state index is 0.0929. The van der Waals surface area contributed by atoms with Crippen LogP contribution in [0.2, 0.25) is 0 Å². The first kappa shape index (κ1) is 19.5. The van der Waals surface area contributed by atoms with Gasteiger partial charge in [-0.2, -0.15) is 0 Å². The van der Waals surface area contributed by atoms with E-state index in [-0.39, 0.29) is 5.97 Å². The van der Waals surface area contributed by atoms with Crippen molar-refractivity contribution in [2.75, 3.05) is 7.11 Å². The third-order valence-electron chi connectivity index (χ3n) is 4.37. The molecule has 0 bridgehead atoms. The van der Waals surface area contributed by atoms with Gasteiger partial charge >= 0.3 is 5.97 Å². The Morgan fingerprint density at radius 3 is 1.91 bits per heavy atom. The van der Waals surface area contributed by atoms with Crippen molar-refractivity contribution in [1.82, 2.24) is 0 Å². The van der Waals surface area contributed by atoms with Gasteiger partial charge in [0.15, 0.2) is 0 Å². The smallest absolute Gasteiger partial charge is 0.305 e. The second kappa shape index (κ2) is 11.1. The molecule has 0 atom stereocenters. The summed E-state index contributed by atoms with van der Waals surface area (Å²) in [6.45, 7) is 3.93. The predicted octanol–water partition coefficient (Wildman–Crippen LogP) is 5.24. The number of carbonyl (C=O) groups is 1. The van der Waals surface area contributed by atoms with Crippen molar-refractivity contribution in [2.45, 2.75) is 78.1 Å². The summed E-state index contributed by atoms with van der Waals surface area (Å²) in [6, 6.07) is 4.20.